The molecular formula is C10H22Cl2N2O. The Kier molecular flexibility index (Phi) is 7.92. The van der Waals surface area contributed by atoms with Gasteiger partial charge in [0.1, 0.15) is 0 Å². The summed E-state index contributed by atoms with van der Waals surface area (Å²) in [5.41, 5.74) is 0. The van der Waals surface area contributed by atoms with Gasteiger partial charge < -0.3 is 10.4 Å². The van der Waals surface area contributed by atoms with E-state index in [9.17, 15) is 5.11 Å². The summed E-state index contributed by atoms with van der Waals surface area (Å²) in [5.74, 6) is 0. The highest BCUT2D eigenvalue weighted by Gasteiger charge is 2.30. The fraction of sp³-hybridized carbons (Fsp3) is 1.00. The third-order valence-corrected chi connectivity index (χ3v) is 3.26. The summed E-state index contributed by atoms with van der Waals surface area (Å²) >= 11 is 0. The monoisotopic (exact) mass is 256 g/mol. The number of hydrogen-bond acceptors (Lipinski definition) is 3. The number of rotatable bonds is 1. The lowest BCUT2D eigenvalue weighted by Gasteiger charge is -2.28. The first-order valence-corrected chi connectivity index (χ1v) is 5.51. The molecule has 2 rings (SSSR count). The molecule has 5 heteroatoms. The summed E-state index contributed by atoms with van der Waals surface area (Å²) in [6.07, 6.45) is 5.21. The predicted octanol–water partition coefficient (Wildman–Crippen LogP) is 1.04. The molecule has 2 heterocycles. The highest BCUT2D eigenvalue weighted by Crippen LogP contribution is 2.16. The van der Waals surface area contributed by atoms with Crippen LogP contribution in [-0.2, 0) is 0 Å². The lowest BCUT2D eigenvalue weighted by molar-refractivity contribution is 0.0853. The minimum absolute atomic E-state index is 0. The van der Waals surface area contributed by atoms with Crippen LogP contribution in [0.1, 0.15) is 25.7 Å². The Morgan fingerprint density at radius 3 is 2.00 bits per heavy atom. The molecule has 2 N–H and O–H groups in total. The molecule has 0 amide bonds. The zero-order valence-electron chi connectivity index (χ0n) is 9.02. The molecule has 2 saturated heterocycles. The molecule has 0 aromatic carbocycles. The van der Waals surface area contributed by atoms with Crippen molar-refractivity contribution in [1.29, 1.82) is 0 Å². The summed E-state index contributed by atoms with van der Waals surface area (Å²) in [5, 5.41) is 13.0. The summed E-state index contributed by atoms with van der Waals surface area (Å²) in [4.78, 5) is 2.47. The minimum atomic E-state index is -0.141. The van der Waals surface area contributed by atoms with Crippen LogP contribution in [-0.4, -0.2) is 48.3 Å². The Morgan fingerprint density at radius 2 is 1.53 bits per heavy atom. The van der Waals surface area contributed by atoms with Crippen LogP contribution >= 0.6 is 24.8 Å². The Balaban J connectivity index is 0.000000980. The number of halogens is 2. The van der Waals surface area contributed by atoms with Crippen molar-refractivity contribution in [2.75, 3.05) is 26.2 Å². The van der Waals surface area contributed by atoms with Crippen LogP contribution in [0.5, 0.6) is 0 Å². The van der Waals surface area contributed by atoms with Gasteiger partial charge in [-0.15, -0.1) is 24.8 Å². The van der Waals surface area contributed by atoms with Crippen LogP contribution in [0, 0.1) is 0 Å². The van der Waals surface area contributed by atoms with E-state index in [1.807, 2.05) is 0 Å². The third-order valence-electron chi connectivity index (χ3n) is 3.26. The van der Waals surface area contributed by atoms with Crippen LogP contribution in [0.25, 0.3) is 0 Å². The maximum atomic E-state index is 9.73. The van der Waals surface area contributed by atoms with Gasteiger partial charge in [0.2, 0.25) is 0 Å². The van der Waals surface area contributed by atoms with Gasteiger partial charge in [-0.05, 0) is 25.9 Å². The first kappa shape index (κ1) is 15.5. The summed E-state index contributed by atoms with van der Waals surface area (Å²) < 4.78 is 0. The number of nitrogens with one attached hydrogen (secondary N) is 1. The van der Waals surface area contributed by atoms with E-state index < -0.39 is 0 Å². The first-order valence-electron chi connectivity index (χ1n) is 5.51. The second-order valence-corrected chi connectivity index (χ2v) is 4.24. The van der Waals surface area contributed by atoms with Gasteiger partial charge in [-0.1, -0.05) is 12.8 Å². The van der Waals surface area contributed by atoms with Crippen molar-refractivity contribution in [2.45, 2.75) is 37.8 Å². The van der Waals surface area contributed by atoms with Crippen LogP contribution in [0.15, 0.2) is 0 Å². The lowest BCUT2D eigenvalue weighted by atomic mass is 10.2. The zero-order chi connectivity index (χ0) is 9.10. The van der Waals surface area contributed by atoms with Crippen molar-refractivity contribution >= 4 is 24.8 Å². The molecule has 3 nitrogen and oxygen atoms in total. The van der Waals surface area contributed by atoms with Gasteiger partial charge in [0.25, 0.3) is 0 Å². The lowest BCUT2D eigenvalue weighted by Crippen LogP contribution is -2.43. The van der Waals surface area contributed by atoms with E-state index in [1.165, 1.54) is 38.8 Å². The fourth-order valence-electron chi connectivity index (χ4n) is 2.45. The van der Waals surface area contributed by atoms with Crippen LogP contribution in [0.4, 0.5) is 0 Å². The molecule has 0 aromatic rings. The Hall–Kier alpha value is 0.460. The van der Waals surface area contributed by atoms with Gasteiger partial charge in [0.15, 0.2) is 0 Å². The maximum Gasteiger partial charge on any atom is 0.0831 e. The topological polar surface area (TPSA) is 35.5 Å². The average Bonchev–Trinajstić information content (AvgIpc) is 2.43. The van der Waals surface area contributed by atoms with Gasteiger partial charge >= 0.3 is 0 Å². The van der Waals surface area contributed by atoms with Crippen molar-refractivity contribution < 1.29 is 5.11 Å². The average molecular weight is 257 g/mol. The second kappa shape index (κ2) is 7.69. The number of nitrogens with zero attached hydrogens (tertiary/aromatic N) is 1. The highest BCUT2D eigenvalue weighted by molar-refractivity contribution is 5.85. The van der Waals surface area contributed by atoms with Crippen molar-refractivity contribution in [3.8, 4) is 0 Å². The molecule has 0 spiro atoms. The van der Waals surface area contributed by atoms with E-state index in [2.05, 4.69) is 10.2 Å². The van der Waals surface area contributed by atoms with Crippen molar-refractivity contribution in [2.24, 2.45) is 0 Å². The number of likely N-dealkylation sites (tertiary alicyclic amines) is 1. The zero-order valence-corrected chi connectivity index (χ0v) is 10.7. The highest BCUT2D eigenvalue weighted by atomic mass is 35.5. The fourth-order valence-corrected chi connectivity index (χ4v) is 2.45. The van der Waals surface area contributed by atoms with Crippen LogP contribution in [0.3, 0.4) is 0 Å². The maximum absolute atomic E-state index is 9.73. The third kappa shape index (κ3) is 4.08. The number of aliphatic hydroxyl groups is 1. The van der Waals surface area contributed by atoms with Crippen molar-refractivity contribution in [1.82, 2.24) is 10.2 Å². The number of hydrogen-bond donors (Lipinski definition) is 2. The molecule has 0 aromatic heterocycles. The molecule has 92 valence electrons. The second-order valence-electron chi connectivity index (χ2n) is 4.24. The molecule has 0 bridgehead atoms. The summed E-state index contributed by atoms with van der Waals surface area (Å²) in [6.45, 7) is 4.12. The molecule has 0 saturated carbocycles. The Labute approximate surface area is 104 Å². The largest absolute Gasteiger partial charge is 0.390 e. The molecule has 0 radical (unpaired) electrons. The van der Waals surface area contributed by atoms with Crippen molar-refractivity contribution in [3.05, 3.63) is 0 Å². The van der Waals surface area contributed by atoms with Crippen LogP contribution in [0.2, 0.25) is 0 Å². The number of aliphatic hydroxyl groups excluding tert-OH is 1. The standard InChI is InChI=1S/C10H20N2O.2ClH/c13-10-8-11-7-9(10)12-5-3-1-2-4-6-12;;/h9-11,13H,1-8H2;2*1H. The SMILES string of the molecule is Cl.Cl.OC1CNCC1N1CCCCCC1. The van der Waals surface area contributed by atoms with Gasteiger partial charge in [0, 0.05) is 19.1 Å². The Bertz CT molecular complexity index is 164. The van der Waals surface area contributed by atoms with Gasteiger partial charge in [-0.3, -0.25) is 4.90 Å². The predicted molar refractivity (Wildman–Crippen MR) is 67.2 cm³/mol. The molecule has 2 unspecified atom stereocenters. The number of β-amino-alcohol motifs (C(OH)–C–C–N with tert-alkyl or cyclic N) is 1. The van der Waals surface area contributed by atoms with Crippen molar-refractivity contribution in [3.63, 3.8) is 0 Å². The molecule has 2 aliphatic rings. The van der Waals surface area contributed by atoms with E-state index in [4.69, 9.17) is 0 Å². The molecule has 2 atom stereocenters. The van der Waals surface area contributed by atoms with E-state index in [-0.39, 0.29) is 30.9 Å². The molecular weight excluding hydrogens is 235 g/mol. The quantitative estimate of drug-likeness (QED) is 0.736. The van der Waals surface area contributed by atoms with Gasteiger partial charge in [0.05, 0.1) is 6.10 Å². The molecule has 2 aliphatic heterocycles. The van der Waals surface area contributed by atoms with Crippen LogP contribution < -0.4 is 5.32 Å². The van der Waals surface area contributed by atoms with E-state index in [0.717, 1.165) is 13.1 Å². The van der Waals surface area contributed by atoms with Gasteiger partial charge in [-0.25, -0.2) is 0 Å². The summed E-state index contributed by atoms with van der Waals surface area (Å²) in [6, 6.07) is 0.387. The van der Waals surface area contributed by atoms with E-state index in [0.29, 0.717) is 6.04 Å². The molecule has 2 fully saturated rings. The van der Waals surface area contributed by atoms with E-state index in [1.54, 1.807) is 0 Å². The molecule has 0 aliphatic carbocycles. The Morgan fingerprint density at radius 1 is 0.933 bits per heavy atom. The first-order chi connectivity index (χ1) is 6.38. The molecule has 15 heavy (non-hydrogen) atoms. The smallest absolute Gasteiger partial charge is 0.0831 e. The normalized spacial score (nSPS) is 32.6. The van der Waals surface area contributed by atoms with E-state index >= 15 is 0 Å². The van der Waals surface area contributed by atoms with Gasteiger partial charge in [-0.2, -0.15) is 0 Å². The summed E-state index contributed by atoms with van der Waals surface area (Å²) in [7, 11) is 0. The minimum Gasteiger partial charge on any atom is -0.390 e.